The van der Waals surface area contributed by atoms with Gasteiger partial charge < -0.3 is 10.8 Å². The second-order valence-corrected chi connectivity index (χ2v) is 3.98. The summed E-state index contributed by atoms with van der Waals surface area (Å²) in [6, 6.07) is 3.18. The Kier molecular flexibility index (Phi) is 4.01. The van der Waals surface area contributed by atoms with E-state index in [1.807, 2.05) is 0 Å². The van der Waals surface area contributed by atoms with E-state index >= 15 is 0 Å². The molecule has 0 aliphatic heterocycles. The lowest BCUT2D eigenvalue weighted by atomic mass is 9.93. The zero-order valence-electron chi connectivity index (χ0n) is 9.46. The molecule has 3 nitrogen and oxygen atoms in total. The van der Waals surface area contributed by atoms with E-state index in [0.717, 1.165) is 5.56 Å². The summed E-state index contributed by atoms with van der Waals surface area (Å²) < 4.78 is 13.5. The van der Waals surface area contributed by atoms with E-state index in [4.69, 9.17) is 10.8 Å². The molecule has 0 aliphatic rings. The highest BCUT2D eigenvalue weighted by atomic mass is 19.1. The summed E-state index contributed by atoms with van der Waals surface area (Å²) in [5, 5.41) is 8.72. The van der Waals surface area contributed by atoms with Crippen LogP contribution in [0.3, 0.4) is 0 Å². The number of hydrogen-bond acceptors (Lipinski definition) is 2. The molecule has 1 rings (SSSR count). The fourth-order valence-electron chi connectivity index (χ4n) is 1.63. The summed E-state index contributed by atoms with van der Waals surface area (Å²) in [4.78, 5) is 10.6. The number of benzene rings is 1. The van der Waals surface area contributed by atoms with Gasteiger partial charge >= 0.3 is 5.97 Å². The molecule has 0 fully saturated rings. The quantitative estimate of drug-likeness (QED) is 0.823. The van der Waals surface area contributed by atoms with Gasteiger partial charge in [0.1, 0.15) is 5.82 Å². The topological polar surface area (TPSA) is 63.3 Å². The maximum atomic E-state index is 13.5. The molecular weight excluding hydrogens is 209 g/mol. The van der Waals surface area contributed by atoms with Crippen LogP contribution in [0, 0.1) is 19.7 Å². The van der Waals surface area contributed by atoms with Crippen LogP contribution in [-0.2, 0) is 4.79 Å². The van der Waals surface area contributed by atoms with E-state index in [2.05, 4.69) is 0 Å². The number of aryl methyl sites for hydroxylation is 1. The lowest BCUT2D eigenvalue weighted by Gasteiger charge is -2.15. The third-order valence-electron chi connectivity index (χ3n) is 2.80. The van der Waals surface area contributed by atoms with Crippen molar-refractivity contribution in [1.29, 1.82) is 0 Å². The van der Waals surface area contributed by atoms with Crippen molar-refractivity contribution >= 4 is 5.97 Å². The fourth-order valence-corrected chi connectivity index (χ4v) is 1.63. The van der Waals surface area contributed by atoms with Gasteiger partial charge in [-0.15, -0.1) is 0 Å². The fraction of sp³-hybridized carbons (Fsp3) is 0.417. The molecule has 88 valence electrons. The minimum atomic E-state index is -0.922. The standard InChI is InChI=1S/C12H16FNO2/c1-7-3-9(4-11(13)8(7)2)10(6-14)5-12(15)16/h3-4,10H,5-6,14H2,1-2H3,(H,15,16). The molecule has 1 aromatic rings. The maximum absolute atomic E-state index is 13.5. The molecule has 0 aliphatic carbocycles. The second kappa shape index (κ2) is 5.07. The van der Waals surface area contributed by atoms with Gasteiger partial charge in [-0.3, -0.25) is 4.79 Å². The predicted octanol–water partition coefficient (Wildman–Crippen LogP) is 1.96. The van der Waals surface area contributed by atoms with Crippen LogP contribution < -0.4 is 5.73 Å². The number of carboxylic acid groups (broad SMARTS) is 1. The molecule has 0 saturated heterocycles. The average Bonchev–Trinajstić information content (AvgIpc) is 2.21. The first-order chi connectivity index (χ1) is 7.45. The summed E-state index contributed by atoms with van der Waals surface area (Å²) >= 11 is 0. The summed E-state index contributed by atoms with van der Waals surface area (Å²) in [7, 11) is 0. The van der Waals surface area contributed by atoms with Gasteiger partial charge in [0.25, 0.3) is 0 Å². The molecule has 0 saturated carbocycles. The largest absolute Gasteiger partial charge is 0.481 e. The smallest absolute Gasteiger partial charge is 0.304 e. The van der Waals surface area contributed by atoms with Crippen molar-refractivity contribution in [2.24, 2.45) is 5.73 Å². The third kappa shape index (κ3) is 2.79. The molecule has 0 amide bonds. The lowest BCUT2D eigenvalue weighted by molar-refractivity contribution is -0.137. The van der Waals surface area contributed by atoms with Gasteiger partial charge in [-0.05, 0) is 43.1 Å². The van der Waals surface area contributed by atoms with Crippen molar-refractivity contribution in [1.82, 2.24) is 0 Å². The van der Waals surface area contributed by atoms with Crippen LogP contribution >= 0.6 is 0 Å². The number of carbonyl (C=O) groups is 1. The van der Waals surface area contributed by atoms with Gasteiger partial charge in [0.2, 0.25) is 0 Å². The Morgan fingerprint density at radius 1 is 1.50 bits per heavy atom. The van der Waals surface area contributed by atoms with E-state index in [9.17, 15) is 9.18 Å². The van der Waals surface area contributed by atoms with Gasteiger partial charge in [0, 0.05) is 5.92 Å². The van der Waals surface area contributed by atoms with Crippen molar-refractivity contribution in [3.05, 3.63) is 34.6 Å². The van der Waals surface area contributed by atoms with Crippen LogP contribution in [0.2, 0.25) is 0 Å². The Morgan fingerprint density at radius 3 is 2.56 bits per heavy atom. The molecule has 3 N–H and O–H groups in total. The van der Waals surface area contributed by atoms with E-state index in [0.29, 0.717) is 11.1 Å². The highest BCUT2D eigenvalue weighted by Crippen LogP contribution is 2.23. The Labute approximate surface area is 94.1 Å². The van der Waals surface area contributed by atoms with Crippen LogP contribution in [0.25, 0.3) is 0 Å². The highest BCUT2D eigenvalue weighted by Gasteiger charge is 2.16. The number of aliphatic carboxylic acids is 1. The van der Waals surface area contributed by atoms with Crippen molar-refractivity contribution in [3.63, 3.8) is 0 Å². The van der Waals surface area contributed by atoms with Gasteiger partial charge in [-0.2, -0.15) is 0 Å². The Morgan fingerprint density at radius 2 is 2.12 bits per heavy atom. The normalized spacial score (nSPS) is 12.5. The van der Waals surface area contributed by atoms with E-state index in [1.54, 1.807) is 19.9 Å². The van der Waals surface area contributed by atoms with Crippen LogP contribution in [0.15, 0.2) is 12.1 Å². The number of rotatable bonds is 4. The molecule has 1 atom stereocenters. The van der Waals surface area contributed by atoms with Crippen LogP contribution in [0.4, 0.5) is 4.39 Å². The minimum absolute atomic E-state index is 0.0710. The first-order valence-corrected chi connectivity index (χ1v) is 5.14. The molecule has 0 spiro atoms. The number of carboxylic acids is 1. The van der Waals surface area contributed by atoms with E-state index in [1.165, 1.54) is 6.07 Å². The van der Waals surface area contributed by atoms with Gasteiger partial charge in [0.15, 0.2) is 0 Å². The molecule has 0 heterocycles. The van der Waals surface area contributed by atoms with Crippen molar-refractivity contribution < 1.29 is 14.3 Å². The summed E-state index contributed by atoms with van der Waals surface area (Å²) in [5.74, 6) is -1.56. The molecule has 1 unspecified atom stereocenters. The zero-order chi connectivity index (χ0) is 12.3. The highest BCUT2D eigenvalue weighted by molar-refractivity contribution is 5.68. The summed E-state index contributed by atoms with van der Waals surface area (Å²) in [6.45, 7) is 3.70. The Bertz CT molecular complexity index is 381. The summed E-state index contributed by atoms with van der Waals surface area (Å²) in [5.41, 5.74) is 7.57. The van der Waals surface area contributed by atoms with Crippen molar-refractivity contribution in [3.8, 4) is 0 Å². The van der Waals surface area contributed by atoms with Gasteiger partial charge in [-0.1, -0.05) is 6.07 Å². The van der Waals surface area contributed by atoms with Crippen molar-refractivity contribution in [2.75, 3.05) is 6.54 Å². The molecule has 4 heteroatoms. The number of hydrogen-bond donors (Lipinski definition) is 2. The first kappa shape index (κ1) is 12.6. The number of halogens is 1. The monoisotopic (exact) mass is 225 g/mol. The third-order valence-corrected chi connectivity index (χ3v) is 2.80. The van der Waals surface area contributed by atoms with Crippen LogP contribution in [0.1, 0.15) is 29.0 Å². The van der Waals surface area contributed by atoms with Gasteiger partial charge in [0.05, 0.1) is 6.42 Å². The van der Waals surface area contributed by atoms with Crippen LogP contribution in [-0.4, -0.2) is 17.6 Å². The van der Waals surface area contributed by atoms with Gasteiger partial charge in [-0.25, -0.2) is 4.39 Å². The molecular formula is C12H16FNO2. The lowest BCUT2D eigenvalue weighted by Crippen LogP contribution is -2.16. The summed E-state index contributed by atoms with van der Waals surface area (Å²) in [6.07, 6.45) is -0.0710. The average molecular weight is 225 g/mol. The second-order valence-electron chi connectivity index (χ2n) is 3.98. The molecule has 0 aromatic heterocycles. The molecule has 1 aromatic carbocycles. The molecule has 16 heavy (non-hydrogen) atoms. The Balaban J connectivity index is 3.06. The molecule has 0 radical (unpaired) electrons. The Hall–Kier alpha value is -1.42. The SMILES string of the molecule is Cc1cc(C(CN)CC(=O)O)cc(F)c1C. The van der Waals surface area contributed by atoms with Crippen molar-refractivity contribution in [2.45, 2.75) is 26.2 Å². The molecule has 0 bridgehead atoms. The minimum Gasteiger partial charge on any atom is -0.481 e. The zero-order valence-corrected chi connectivity index (χ0v) is 9.46. The first-order valence-electron chi connectivity index (χ1n) is 5.14. The number of nitrogens with two attached hydrogens (primary N) is 1. The van der Waals surface area contributed by atoms with Crippen LogP contribution in [0.5, 0.6) is 0 Å². The van der Waals surface area contributed by atoms with E-state index in [-0.39, 0.29) is 24.7 Å². The van der Waals surface area contributed by atoms with E-state index < -0.39 is 5.97 Å². The maximum Gasteiger partial charge on any atom is 0.304 e. The predicted molar refractivity (Wildman–Crippen MR) is 59.9 cm³/mol.